The number of nitro benzene ring substituents is 1. The highest BCUT2D eigenvalue weighted by atomic mass is 19.1. The van der Waals surface area contributed by atoms with E-state index in [2.05, 4.69) is 5.32 Å². The molecule has 2 N–H and O–H groups in total. The molecule has 0 spiro atoms. The highest BCUT2D eigenvalue weighted by Gasteiger charge is 2.22. The minimum atomic E-state index is -1.47. The van der Waals surface area contributed by atoms with Crippen LogP contribution in [-0.2, 0) is 4.74 Å². The maximum atomic E-state index is 13.5. The Morgan fingerprint density at radius 1 is 1.57 bits per heavy atom. The van der Waals surface area contributed by atoms with Crippen molar-refractivity contribution in [2.75, 3.05) is 25.1 Å². The van der Waals surface area contributed by atoms with E-state index in [4.69, 9.17) is 9.84 Å². The molecule has 1 heterocycles. The number of rotatable bonds is 5. The number of carbonyl (C=O) groups is 1. The van der Waals surface area contributed by atoms with Gasteiger partial charge in [0.2, 0.25) is 0 Å². The van der Waals surface area contributed by atoms with E-state index >= 15 is 0 Å². The van der Waals surface area contributed by atoms with Crippen LogP contribution in [0.15, 0.2) is 12.1 Å². The lowest BCUT2D eigenvalue weighted by Crippen LogP contribution is -2.24. The largest absolute Gasteiger partial charge is 0.478 e. The van der Waals surface area contributed by atoms with E-state index in [9.17, 15) is 19.3 Å². The molecule has 8 heteroatoms. The van der Waals surface area contributed by atoms with Gasteiger partial charge in [-0.1, -0.05) is 0 Å². The molecule has 0 aromatic heterocycles. The predicted octanol–water partition coefficient (Wildman–Crippen LogP) is 2.27. The zero-order chi connectivity index (χ0) is 15.4. The second-order valence-corrected chi connectivity index (χ2v) is 4.88. The lowest BCUT2D eigenvalue weighted by Gasteiger charge is -2.22. The molecule has 1 aromatic rings. The second kappa shape index (κ2) is 6.49. The van der Waals surface area contributed by atoms with E-state index < -0.39 is 28.0 Å². The number of nitro groups is 1. The van der Waals surface area contributed by atoms with Crippen molar-refractivity contribution in [2.24, 2.45) is 5.92 Å². The van der Waals surface area contributed by atoms with Crippen LogP contribution in [0.3, 0.4) is 0 Å². The van der Waals surface area contributed by atoms with E-state index in [1.54, 1.807) is 0 Å². The van der Waals surface area contributed by atoms with Gasteiger partial charge in [-0.25, -0.2) is 9.18 Å². The maximum Gasteiger partial charge on any atom is 0.338 e. The summed E-state index contributed by atoms with van der Waals surface area (Å²) in [4.78, 5) is 21.1. The minimum Gasteiger partial charge on any atom is -0.478 e. The molecule has 1 fully saturated rings. The Morgan fingerprint density at radius 3 is 2.90 bits per heavy atom. The Labute approximate surface area is 119 Å². The van der Waals surface area contributed by atoms with Crippen LogP contribution in [0, 0.1) is 21.8 Å². The molecule has 1 aliphatic heterocycles. The molecule has 1 aromatic carbocycles. The van der Waals surface area contributed by atoms with Crippen LogP contribution in [0.2, 0.25) is 0 Å². The van der Waals surface area contributed by atoms with Crippen LogP contribution in [-0.4, -0.2) is 35.8 Å². The summed E-state index contributed by atoms with van der Waals surface area (Å²) in [6.07, 6.45) is 1.84. The van der Waals surface area contributed by atoms with E-state index in [0.29, 0.717) is 25.8 Å². The van der Waals surface area contributed by atoms with Gasteiger partial charge in [0, 0.05) is 13.2 Å². The Morgan fingerprint density at radius 2 is 2.33 bits per heavy atom. The van der Waals surface area contributed by atoms with Crippen molar-refractivity contribution in [3.05, 3.63) is 33.6 Å². The van der Waals surface area contributed by atoms with Crippen LogP contribution in [0.5, 0.6) is 0 Å². The number of ether oxygens (including phenoxy) is 1. The molecular formula is C13H15FN2O5. The minimum absolute atomic E-state index is 0.00405. The van der Waals surface area contributed by atoms with Gasteiger partial charge >= 0.3 is 5.97 Å². The van der Waals surface area contributed by atoms with Crippen molar-refractivity contribution in [3.8, 4) is 0 Å². The topological polar surface area (TPSA) is 102 Å². The number of nitrogens with zero attached hydrogens (tertiary/aromatic N) is 1. The number of carboxylic acid groups (broad SMARTS) is 1. The van der Waals surface area contributed by atoms with Crippen LogP contribution in [0.4, 0.5) is 15.8 Å². The molecule has 114 valence electrons. The van der Waals surface area contributed by atoms with Crippen LogP contribution in [0.25, 0.3) is 0 Å². The highest BCUT2D eigenvalue weighted by Crippen LogP contribution is 2.28. The normalized spacial score (nSPS) is 18.2. The molecule has 0 amide bonds. The highest BCUT2D eigenvalue weighted by molar-refractivity contribution is 5.90. The van der Waals surface area contributed by atoms with Gasteiger partial charge < -0.3 is 15.2 Å². The number of hydrogen-bond acceptors (Lipinski definition) is 5. The van der Waals surface area contributed by atoms with Crippen molar-refractivity contribution >= 4 is 17.3 Å². The zero-order valence-corrected chi connectivity index (χ0v) is 11.2. The number of benzene rings is 1. The summed E-state index contributed by atoms with van der Waals surface area (Å²) in [5.74, 6) is -2.40. The van der Waals surface area contributed by atoms with E-state index in [-0.39, 0.29) is 11.6 Å². The van der Waals surface area contributed by atoms with Gasteiger partial charge in [0.1, 0.15) is 11.5 Å². The van der Waals surface area contributed by atoms with Gasteiger partial charge in [-0.2, -0.15) is 0 Å². The van der Waals surface area contributed by atoms with E-state index in [0.717, 1.165) is 18.9 Å². The Bertz CT molecular complexity index is 558. The van der Waals surface area contributed by atoms with Gasteiger partial charge in [0.15, 0.2) is 0 Å². The molecule has 21 heavy (non-hydrogen) atoms. The number of halogens is 1. The maximum absolute atomic E-state index is 13.5. The smallest absolute Gasteiger partial charge is 0.338 e. The average molecular weight is 298 g/mol. The van der Waals surface area contributed by atoms with Crippen molar-refractivity contribution in [3.63, 3.8) is 0 Å². The Balaban J connectivity index is 2.20. The fourth-order valence-electron chi connectivity index (χ4n) is 2.24. The van der Waals surface area contributed by atoms with Crippen LogP contribution in [0.1, 0.15) is 23.2 Å². The molecule has 0 radical (unpaired) electrons. The average Bonchev–Trinajstić information content (AvgIpc) is 2.46. The monoisotopic (exact) mass is 298 g/mol. The molecule has 1 aliphatic rings. The van der Waals surface area contributed by atoms with Crippen molar-refractivity contribution < 1.29 is 24.0 Å². The summed E-state index contributed by atoms with van der Waals surface area (Å²) in [6, 6.07) is 1.59. The number of aromatic carboxylic acids is 1. The molecule has 7 nitrogen and oxygen atoms in total. The molecule has 0 aliphatic carbocycles. The van der Waals surface area contributed by atoms with Crippen molar-refractivity contribution in [1.29, 1.82) is 0 Å². The van der Waals surface area contributed by atoms with E-state index in [1.807, 2.05) is 0 Å². The van der Waals surface area contributed by atoms with Crippen LogP contribution >= 0.6 is 0 Å². The van der Waals surface area contributed by atoms with Gasteiger partial charge in [-0.15, -0.1) is 0 Å². The molecule has 1 unspecified atom stereocenters. The first-order valence-corrected chi connectivity index (χ1v) is 6.52. The standard InChI is InChI=1S/C13H15FN2O5/c14-10-5-12(16(19)20)11(4-9(10)13(17)18)15-6-8-2-1-3-21-7-8/h4-5,8,15H,1-3,6-7H2,(H,17,18). The first-order chi connectivity index (χ1) is 9.99. The lowest BCUT2D eigenvalue weighted by molar-refractivity contribution is -0.384. The molecular weight excluding hydrogens is 283 g/mol. The third-order valence-electron chi connectivity index (χ3n) is 3.35. The first kappa shape index (κ1) is 15.2. The summed E-state index contributed by atoms with van der Waals surface area (Å²) in [5.41, 5.74) is -1.07. The van der Waals surface area contributed by atoms with Gasteiger partial charge in [-0.05, 0) is 24.8 Å². The predicted molar refractivity (Wildman–Crippen MR) is 72.0 cm³/mol. The lowest BCUT2D eigenvalue weighted by atomic mass is 10.0. The fraction of sp³-hybridized carbons (Fsp3) is 0.462. The number of nitrogens with one attached hydrogen (secondary N) is 1. The summed E-state index contributed by atoms with van der Waals surface area (Å²) in [5, 5.41) is 22.6. The number of anilines is 1. The summed E-state index contributed by atoms with van der Waals surface area (Å²) < 4.78 is 18.8. The summed E-state index contributed by atoms with van der Waals surface area (Å²) >= 11 is 0. The fourth-order valence-corrected chi connectivity index (χ4v) is 2.24. The zero-order valence-electron chi connectivity index (χ0n) is 11.2. The summed E-state index contributed by atoms with van der Waals surface area (Å²) in [6.45, 7) is 1.66. The third kappa shape index (κ3) is 3.66. The quantitative estimate of drug-likeness (QED) is 0.638. The Hall–Kier alpha value is -2.22. The van der Waals surface area contributed by atoms with Gasteiger partial charge in [0.05, 0.1) is 23.2 Å². The van der Waals surface area contributed by atoms with Gasteiger partial charge in [-0.3, -0.25) is 10.1 Å². The molecule has 2 rings (SSSR count). The number of carboxylic acids is 1. The third-order valence-corrected chi connectivity index (χ3v) is 3.35. The van der Waals surface area contributed by atoms with Crippen molar-refractivity contribution in [1.82, 2.24) is 0 Å². The Kier molecular flexibility index (Phi) is 4.69. The van der Waals surface area contributed by atoms with E-state index in [1.165, 1.54) is 0 Å². The SMILES string of the molecule is O=C(O)c1cc(NCC2CCCOC2)c([N+](=O)[O-])cc1F. The molecule has 1 atom stereocenters. The second-order valence-electron chi connectivity index (χ2n) is 4.88. The summed E-state index contributed by atoms with van der Waals surface area (Å²) in [7, 11) is 0. The van der Waals surface area contributed by atoms with Crippen molar-refractivity contribution in [2.45, 2.75) is 12.8 Å². The molecule has 1 saturated heterocycles. The first-order valence-electron chi connectivity index (χ1n) is 6.52. The van der Waals surface area contributed by atoms with Crippen LogP contribution < -0.4 is 5.32 Å². The number of hydrogen-bond donors (Lipinski definition) is 2. The molecule has 0 saturated carbocycles. The molecule has 0 bridgehead atoms. The van der Waals surface area contributed by atoms with Gasteiger partial charge in [0.25, 0.3) is 5.69 Å².